The molecule has 1 saturated heterocycles. The third kappa shape index (κ3) is 2.62. The summed E-state index contributed by atoms with van der Waals surface area (Å²) in [5.74, 6) is 8.75. The SMILES string of the molecule is CNC1=Nc2cc(C#CC(C)N3CCCC3)c(OC)cc2C12CCC2. The van der Waals surface area contributed by atoms with E-state index in [-0.39, 0.29) is 11.5 Å². The number of methoxy groups -OCH3 is 1. The molecule has 132 valence electrons. The van der Waals surface area contributed by atoms with Crippen molar-refractivity contribution >= 4 is 11.5 Å². The van der Waals surface area contributed by atoms with E-state index in [1.165, 1.54) is 37.7 Å². The highest BCUT2D eigenvalue weighted by Crippen LogP contribution is 2.53. The molecule has 2 fully saturated rings. The Morgan fingerprint density at radius 2 is 2.00 bits per heavy atom. The van der Waals surface area contributed by atoms with Crippen LogP contribution in [0.4, 0.5) is 5.69 Å². The van der Waals surface area contributed by atoms with Crippen molar-refractivity contribution in [1.82, 2.24) is 10.2 Å². The smallest absolute Gasteiger partial charge is 0.134 e. The molecule has 1 aromatic carbocycles. The second-order valence-electron chi connectivity index (χ2n) is 7.40. The second-order valence-corrected chi connectivity index (χ2v) is 7.40. The average molecular weight is 337 g/mol. The first-order valence-corrected chi connectivity index (χ1v) is 9.43. The third-order valence-corrected chi connectivity index (χ3v) is 6.07. The summed E-state index contributed by atoms with van der Waals surface area (Å²) in [5.41, 5.74) is 3.40. The maximum atomic E-state index is 5.67. The van der Waals surface area contributed by atoms with Gasteiger partial charge in [-0.1, -0.05) is 18.3 Å². The second kappa shape index (κ2) is 6.38. The van der Waals surface area contributed by atoms with Crippen molar-refractivity contribution in [1.29, 1.82) is 0 Å². The Bertz CT molecular complexity index is 761. The van der Waals surface area contributed by atoms with E-state index in [4.69, 9.17) is 9.73 Å². The zero-order valence-corrected chi connectivity index (χ0v) is 15.5. The predicted molar refractivity (Wildman–Crippen MR) is 102 cm³/mol. The van der Waals surface area contributed by atoms with Crippen LogP contribution in [0.1, 0.15) is 50.2 Å². The highest BCUT2D eigenvalue weighted by atomic mass is 16.5. The van der Waals surface area contributed by atoms with Gasteiger partial charge in [-0.25, -0.2) is 4.99 Å². The fourth-order valence-corrected chi connectivity index (χ4v) is 4.40. The Morgan fingerprint density at radius 1 is 1.24 bits per heavy atom. The van der Waals surface area contributed by atoms with Crippen LogP contribution in [-0.4, -0.2) is 44.0 Å². The molecule has 1 unspecified atom stereocenters. The molecule has 0 aromatic heterocycles. The number of nitrogens with one attached hydrogen (secondary N) is 1. The molecule has 1 saturated carbocycles. The van der Waals surface area contributed by atoms with Gasteiger partial charge in [0.25, 0.3) is 0 Å². The molecule has 2 aliphatic heterocycles. The molecule has 1 N–H and O–H groups in total. The number of amidine groups is 1. The number of ether oxygens (including phenoxy) is 1. The first-order valence-electron chi connectivity index (χ1n) is 9.43. The van der Waals surface area contributed by atoms with Gasteiger partial charge in [0.05, 0.1) is 29.8 Å². The molecule has 3 aliphatic rings. The third-order valence-electron chi connectivity index (χ3n) is 6.07. The fraction of sp³-hybridized carbons (Fsp3) is 0.571. The van der Waals surface area contributed by atoms with Gasteiger partial charge in [0, 0.05) is 7.05 Å². The molecule has 1 atom stereocenters. The van der Waals surface area contributed by atoms with Crippen molar-refractivity contribution in [3.8, 4) is 17.6 Å². The van der Waals surface area contributed by atoms with Gasteiger partial charge in [0.1, 0.15) is 11.6 Å². The van der Waals surface area contributed by atoms with Crippen molar-refractivity contribution in [2.75, 3.05) is 27.2 Å². The van der Waals surface area contributed by atoms with E-state index < -0.39 is 0 Å². The Kier molecular flexibility index (Phi) is 4.21. The van der Waals surface area contributed by atoms with E-state index in [2.05, 4.69) is 41.1 Å². The number of hydrogen-bond acceptors (Lipinski definition) is 4. The Labute approximate surface area is 150 Å². The minimum absolute atomic E-state index is 0.0894. The lowest BCUT2D eigenvalue weighted by atomic mass is 9.64. The van der Waals surface area contributed by atoms with Crippen LogP contribution < -0.4 is 10.1 Å². The molecule has 0 radical (unpaired) electrons. The summed E-state index contributed by atoms with van der Waals surface area (Å²) in [6, 6.07) is 4.57. The summed E-state index contributed by atoms with van der Waals surface area (Å²) in [5, 5.41) is 3.31. The van der Waals surface area contributed by atoms with Crippen LogP contribution in [-0.2, 0) is 5.41 Å². The minimum atomic E-state index is 0.0894. The maximum Gasteiger partial charge on any atom is 0.134 e. The average Bonchev–Trinajstić information content (AvgIpc) is 3.23. The number of likely N-dealkylation sites (N-methyl/N-ethyl adjacent to an activating group) is 1. The molecule has 1 aromatic rings. The van der Waals surface area contributed by atoms with Gasteiger partial charge >= 0.3 is 0 Å². The number of benzene rings is 1. The van der Waals surface area contributed by atoms with Crippen molar-refractivity contribution in [2.45, 2.75) is 50.5 Å². The van der Waals surface area contributed by atoms with Gasteiger partial charge in [-0.3, -0.25) is 4.90 Å². The van der Waals surface area contributed by atoms with E-state index in [0.29, 0.717) is 0 Å². The van der Waals surface area contributed by atoms with E-state index in [9.17, 15) is 0 Å². The van der Waals surface area contributed by atoms with Crippen molar-refractivity contribution in [3.05, 3.63) is 23.3 Å². The lowest BCUT2D eigenvalue weighted by Gasteiger charge is -2.40. The number of rotatable bonds is 2. The zero-order chi connectivity index (χ0) is 17.4. The summed E-state index contributed by atoms with van der Waals surface area (Å²) in [6.07, 6.45) is 6.17. The summed E-state index contributed by atoms with van der Waals surface area (Å²) < 4.78 is 5.67. The summed E-state index contributed by atoms with van der Waals surface area (Å²) in [6.45, 7) is 4.52. The zero-order valence-electron chi connectivity index (χ0n) is 15.5. The molecule has 4 nitrogen and oxygen atoms in total. The van der Waals surface area contributed by atoms with Crippen LogP contribution in [0.15, 0.2) is 17.1 Å². The number of aliphatic imine (C=N–C) groups is 1. The standard InChI is InChI=1S/C21H27N3O/c1-15(24-11-4-5-12-24)7-8-16-13-18-17(14-19(16)25-3)21(9-6-10-21)20(22-2)23-18/h13-15H,4-6,9-12H2,1-3H3,(H,22,23). The molecule has 2 heterocycles. The molecule has 4 rings (SSSR count). The lowest BCUT2D eigenvalue weighted by Crippen LogP contribution is -2.45. The van der Waals surface area contributed by atoms with Crippen LogP contribution in [0.2, 0.25) is 0 Å². The molecular formula is C21H27N3O. The normalized spacial score (nSPS) is 21.8. The van der Waals surface area contributed by atoms with Crippen LogP contribution in [0.5, 0.6) is 5.75 Å². The lowest BCUT2D eigenvalue weighted by molar-refractivity contribution is 0.308. The predicted octanol–water partition coefficient (Wildman–Crippen LogP) is 3.22. The van der Waals surface area contributed by atoms with Crippen molar-refractivity contribution < 1.29 is 4.74 Å². The van der Waals surface area contributed by atoms with Crippen LogP contribution in [0.3, 0.4) is 0 Å². The molecule has 1 aliphatic carbocycles. The topological polar surface area (TPSA) is 36.9 Å². The minimum Gasteiger partial charge on any atom is -0.495 e. The number of likely N-dealkylation sites (tertiary alicyclic amines) is 1. The van der Waals surface area contributed by atoms with E-state index in [1.54, 1.807) is 7.11 Å². The number of hydrogen-bond donors (Lipinski definition) is 1. The Morgan fingerprint density at radius 3 is 2.60 bits per heavy atom. The van der Waals surface area contributed by atoms with Gasteiger partial charge in [0.2, 0.25) is 0 Å². The number of nitrogens with zero attached hydrogens (tertiary/aromatic N) is 2. The highest BCUT2D eigenvalue weighted by molar-refractivity contribution is 6.01. The van der Waals surface area contributed by atoms with Gasteiger partial charge < -0.3 is 10.1 Å². The van der Waals surface area contributed by atoms with Crippen LogP contribution in [0, 0.1) is 11.8 Å². The molecule has 0 amide bonds. The Balaban J connectivity index is 1.67. The summed E-state index contributed by atoms with van der Waals surface area (Å²) >= 11 is 0. The molecular weight excluding hydrogens is 310 g/mol. The van der Waals surface area contributed by atoms with E-state index in [1.807, 2.05) is 7.05 Å². The van der Waals surface area contributed by atoms with Gasteiger partial charge in [-0.05, 0) is 63.4 Å². The first-order chi connectivity index (χ1) is 12.2. The van der Waals surface area contributed by atoms with Crippen molar-refractivity contribution in [3.63, 3.8) is 0 Å². The summed E-state index contributed by atoms with van der Waals surface area (Å²) in [7, 11) is 3.71. The van der Waals surface area contributed by atoms with Gasteiger partial charge in [-0.15, -0.1) is 0 Å². The monoisotopic (exact) mass is 337 g/mol. The quantitative estimate of drug-likeness (QED) is 0.842. The molecule has 4 heteroatoms. The van der Waals surface area contributed by atoms with Crippen LogP contribution in [0.25, 0.3) is 0 Å². The van der Waals surface area contributed by atoms with Gasteiger partial charge in [-0.2, -0.15) is 0 Å². The highest BCUT2D eigenvalue weighted by Gasteiger charge is 2.48. The largest absolute Gasteiger partial charge is 0.495 e. The number of fused-ring (bicyclic) bond motifs is 2. The molecule has 25 heavy (non-hydrogen) atoms. The van der Waals surface area contributed by atoms with Crippen LogP contribution >= 0.6 is 0 Å². The van der Waals surface area contributed by atoms with E-state index in [0.717, 1.165) is 35.9 Å². The summed E-state index contributed by atoms with van der Waals surface area (Å²) in [4.78, 5) is 7.31. The fourth-order valence-electron chi connectivity index (χ4n) is 4.40. The Hall–Kier alpha value is -1.99. The molecule has 0 bridgehead atoms. The van der Waals surface area contributed by atoms with Gasteiger partial charge in [0.15, 0.2) is 0 Å². The van der Waals surface area contributed by atoms with E-state index >= 15 is 0 Å². The maximum absolute atomic E-state index is 5.67. The first kappa shape index (κ1) is 16.5. The van der Waals surface area contributed by atoms with Crippen molar-refractivity contribution in [2.24, 2.45) is 4.99 Å². The molecule has 1 spiro atoms.